The summed E-state index contributed by atoms with van der Waals surface area (Å²) in [6.07, 6.45) is -7.85. The topological polar surface area (TPSA) is 93.5 Å². The Labute approximate surface area is 189 Å². The van der Waals surface area contributed by atoms with Gasteiger partial charge in [0.05, 0.1) is 11.6 Å². The normalized spacial score (nSPS) is 12.5. The highest BCUT2D eigenvalue weighted by Gasteiger charge is 2.42. The lowest BCUT2D eigenvalue weighted by atomic mass is 10.1. The largest absolute Gasteiger partial charge is 0.478 e. The van der Waals surface area contributed by atoms with Crippen LogP contribution in [0.3, 0.4) is 0 Å². The molecule has 2 aromatic carbocycles. The van der Waals surface area contributed by atoms with E-state index in [0.717, 1.165) is 19.2 Å². The van der Waals surface area contributed by atoms with Gasteiger partial charge in [0.1, 0.15) is 11.3 Å². The van der Waals surface area contributed by atoms with Crippen LogP contribution in [0.4, 0.5) is 22.0 Å². The standard InChI is InChI=1S/C22H18F5N3O4/c1-11(12-6-8-13(9-7-12)21(32)33)28-19(31)16-17(22(25,26)27)29-30(2)20(16)34-15-5-3-4-14(10-15)18(23)24/h3-11,18H,1-2H3,(H,28,31)(H,32,33). The van der Waals surface area contributed by atoms with E-state index < -0.39 is 53.2 Å². The lowest BCUT2D eigenvalue weighted by Gasteiger charge is -2.16. The van der Waals surface area contributed by atoms with Gasteiger partial charge in [-0.15, -0.1) is 0 Å². The van der Waals surface area contributed by atoms with Crippen LogP contribution in [-0.2, 0) is 13.2 Å². The number of halogens is 5. The highest BCUT2D eigenvalue weighted by atomic mass is 19.4. The third-order valence-electron chi connectivity index (χ3n) is 4.82. The molecule has 1 amide bonds. The summed E-state index contributed by atoms with van der Waals surface area (Å²) < 4.78 is 72.9. The minimum absolute atomic E-state index is 0.00407. The van der Waals surface area contributed by atoms with Crippen molar-refractivity contribution in [2.24, 2.45) is 7.05 Å². The van der Waals surface area contributed by atoms with Crippen molar-refractivity contribution in [3.8, 4) is 11.6 Å². The number of carbonyl (C=O) groups is 2. The van der Waals surface area contributed by atoms with Crippen molar-refractivity contribution in [2.75, 3.05) is 0 Å². The number of rotatable bonds is 7. The molecule has 0 radical (unpaired) electrons. The van der Waals surface area contributed by atoms with Crippen molar-refractivity contribution in [2.45, 2.75) is 25.6 Å². The van der Waals surface area contributed by atoms with Crippen LogP contribution in [0.25, 0.3) is 0 Å². The number of hydrogen-bond acceptors (Lipinski definition) is 4. The molecular weight excluding hydrogens is 465 g/mol. The van der Waals surface area contributed by atoms with Crippen LogP contribution in [0, 0.1) is 0 Å². The molecule has 0 fully saturated rings. The van der Waals surface area contributed by atoms with Crippen LogP contribution < -0.4 is 10.1 Å². The fraction of sp³-hybridized carbons (Fsp3) is 0.227. The van der Waals surface area contributed by atoms with E-state index in [1.165, 1.54) is 43.3 Å². The second-order valence-corrected chi connectivity index (χ2v) is 7.25. The van der Waals surface area contributed by atoms with E-state index in [0.29, 0.717) is 10.2 Å². The van der Waals surface area contributed by atoms with Crippen LogP contribution in [0.15, 0.2) is 48.5 Å². The summed E-state index contributed by atoms with van der Waals surface area (Å²) >= 11 is 0. The first-order valence-electron chi connectivity index (χ1n) is 9.72. The zero-order chi connectivity index (χ0) is 25.2. The van der Waals surface area contributed by atoms with Crippen molar-refractivity contribution in [3.05, 3.63) is 76.5 Å². The zero-order valence-electron chi connectivity index (χ0n) is 17.7. The summed E-state index contributed by atoms with van der Waals surface area (Å²) in [5.41, 5.74) is -2.42. The van der Waals surface area contributed by atoms with Gasteiger partial charge in [-0.1, -0.05) is 24.3 Å². The third kappa shape index (κ3) is 5.33. The molecule has 34 heavy (non-hydrogen) atoms. The maximum absolute atomic E-state index is 13.6. The number of aromatic carboxylic acids is 1. The molecule has 2 N–H and O–H groups in total. The molecule has 1 atom stereocenters. The number of ether oxygens (including phenoxy) is 1. The van der Waals surface area contributed by atoms with Gasteiger partial charge in [0.2, 0.25) is 5.88 Å². The molecular formula is C22H18F5N3O4. The highest BCUT2D eigenvalue weighted by Crippen LogP contribution is 2.37. The number of aromatic nitrogens is 2. The van der Waals surface area contributed by atoms with Crippen LogP contribution in [0.1, 0.15) is 56.9 Å². The molecule has 180 valence electrons. The van der Waals surface area contributed by atoms with Crippen molar-refractivity contribution < 1.29 is 41.4 Å². The van der Waals surface area contributed by atoms with Crippen LogP contribution >= 0.6 is 0 Å². The second-order valence-electron chi connectivity index (χ2n) is 7.25. The number of nitrogens with zero attached hydrogens (tertiary/aromatic N) is 2. The number of carboxylic acid groups (broad SMARTS) is 1. The van der Waals surface area contributed by atoms with E-state index in [2.05, 4.69) is 10.4 Å². The second kappa shape index (κ2) is 9.49. The molecule has 0 saturated carbocycles. The van der Waals surface area contributed by atoms with Gasteiger partial charge in [-0.05, 0) is 36.8 Å². The molecule has 0 saturated heterocycles. The number of hydrogen-bond donors (Lipinski definition) is 2. The molecule has 12 heteroatoms. The van der Waals surface area contributed by atoms with Crippen molar-refractivity contribution in [1.82, 2.24) is 15.1 Å². The molecule has 1 aromatic heterocycles. The Hall–Kier alpha value is -3.96. The lowest BCUT2D eigenvalue weighted by Crippen LogP contribution is -2.28. The van der Waals surface area contributed by atoms with Crippen LogP contribution in [-0.4, -0.2) is 26.8 Å². The van der Waals surface area contributed by atoms with Gasteiger partial charge in [-0.25, -0.2) is 18.3 Å². The van der Waals surface area contributed by atoms with Gasteiger partial charge in [0.15, 0.2) is 5.69 Å². The number of aryl methyl sites for hydroxylation is 1. The fourth-order valence-corrected chi connectivity index (χ4v) is 3.12. The van der Waals surface area contributed by atoms with E-state index in [9.17, 15) is 31.5 Å². The Bertz CT molecular complexity index is 1210. The monoisotopic (exact) mass is 483 g/mol. The Balaban J connectivity index is 1.96. The number of carbonyl (C=O) groups excluding carboxylic acids is 1. The quantitative estimate of drug-likeness (QED) is 0.442. The summed E-state index contributed by atoms with van der Waals surface area (Å²) in [6, 6.07) is 9.14. The molecule has 0 aliphatic rings. The molecule has 1 heterocycles. The molecule has 1 unspecified atom stereocenters. The van der Waals surface area contributed by atoms with E-state index in [4.69, 9.17) is 9.84 Å². The number of benzene rings is 2. The van der Waals surface area contributed by atoms with Crippen LogP contribution in [0.2, 0.25) is 0 Å². The Morgan fingerprint density at radius 2 is 1.74 bits per heavy atom. The molecule has 7 nitrogen and oxygen atoms in total. The maximum Gasteiger partial charge on any atom is 0.436 e. The molecule has 0 aliphatic heterocycles. The number of nitrogens with one attached hydrogen (secondary N) is 1. The van der Waals surface area contributed by atoms with E-state index in [-0.39, 0.29) is 11.3 Å². The average Bonchev–Trinajstić information content (AvgIpc) is 3.10. The van der Waals surface area contributed by atoms with Gasteiger partial charge in [-0.2, -0.15) is 18.3 Å². The minimum Gasteiger partial charge on any atom is -0.478 e. The summed E-state index contributed by atoms with van der Waals surface area (Å²) in [5.74, 6) is -3.13. The minimum atomic E-state index is -5.01. The van der Waals surface area contributed by atoms with E-state index in [1.54, 1.807) is 0 Å². The van der Waals surface area contributed by atoms with Crippen molar-refractivity contribution in [1.29, 1.82) is 0 Å². The lowest BCUT2D eigenvalue weighted by molar-refractivity contribution is -0.141. The molecule has 0 bridgehead atoms. The first-order chi connectivity index (χ1) is 15.9. The van der Waals surface area contributed by atoms with Gasteiger partial charge < -0.3 is 15.2 Å². The van der Waals surface area contributed by atoms with Gasteiger partial charge in [0.25, 0.3) is 12.3 Å². The van der Waals surface area contributed by atoms with Gasteiger partial charge >= 0.3 is 12.1 Å². The number of alkyl halides is 5. The zero-order valence-corrected chi connectivity index (χ0v) is 17.7. The SMILES string of the molecule is CC(NC(=O)c1c(C(F)(F)F)nn(C)c1Oc1cccc(C(F)F)c1)c1ccc(C(=O)O)cc1. The van der Waals surface area contributed by atoms with E-state index >= 15 is 0 Å². The molecule has 0 aliphatic carbocycles. The predicted octanol–water partition coefficient (Wildman–Crippen LogP) is 5.36. The number of amides is 1. The van der Waals surface area contributed by atoms with Crippen molar-refractivity contribution >= 4 is 11.9 Å². The molecule has 3 aromatic rings. The Kier molecular flexibility index (Phi) is 6.89. The first kappa shape index (κ1) is 24.7. The Morgan fingerprint density at radius 1 is 1.09 bits per heavy atom. The molecule has 0 spiro atoms. The average molecular weight is 483 g/mol. The fourth-order valence-electron chi connectivity index (χ4n) is 3.12. The van der Waals surface area contributed by atoms with Gasteiger partial charge in [-0.3, -0.25) is 4.79 Å². The van der Waals surface area contributed by atoms with Gasteiger partial charge in [0, 0.05) is 12.6 Å². The van der Waals surface area contributed by atoms with E-state index in [1.807, 2.05) is 0 Å². The summed E-state index contributed by atoms with van der Waals surface area (Å²) in [7, 11) is 1.12. The maximum atomic E-state index is 13.6. The number of carboxylic acids is 1. The summed E-state index contributed by atoms with van der Waals surface area (Å²) in [4.78, 5) is 23.9. The smallest absolute Gasteiger partial charge is 0.436 e. The first-order valence-corrected chi connectivity index (χ1v) is 9.72. The molecule has 3 rings (SSSR count). The summed E-state index contributed by atoms with van der Waals surface area (Å²) in [5, 5.41) is 14.7. The Morgan fingerprint density at radius 3 is 2.29 bits per heavy atom. The predicted molar refractivity (Wildman–Crippen MR) is 109 cm³/mol. The van der Waals surface area contributed by atoms with Crippen LogP contribution in [0.5, 0.6) is 11.6 Å². The highest BCUT2D eigenvalue weighted by molar-refractivity contribution is 5.98. The third-order valence-corrected chi connectivity index (χ3v) is 4.82. The summed E-state index contributed by atoms with van der Waals surface area (Å²) in [6.45, 7) is 1.49. The van der Waals surface area contributed by atoms with Crippen molar-refractivity contribution in [3.63, 3.8) is 0 Å².